The molecule has 128 valence electrons. The van der Waals surface area contributed by atoms with Gasteiger partial charge in [0.2, 0.25) is 0 Å². The first-order valence-electron chi connectivity index (χ1n) is 7.21. The Morgan fingerprint density at radius 3 is 2.84 bits per heavy atom. The first kappa shape index (κ1) is 16.3. The van der Waals surface area contributed by atoms with Crippen LogP contribution < -0.4 is 15.0 Å². The fraction of sp³-hybridized carbons (Fsp3) is 0.200. The molecule has 0 saturated carbocycles. The Morgan fingerprint density at radius 1 is 1.36 bits per heavy atom. The second-order valence-corrected chi connectivity index (χ2v) is 4.98. The van der Waals surface area contributed by atoms with Crippen molar-refractivity contribution in [3.63, 3.8) is 0 Å². The van der Waals surface area contributed by atoms with Crippen LogP contribution in [0.1, 0.15) is 17.1 Å². The van der Waals surface area contributed by atoms with Crippen LogP contribution in [-0.4, -0.2) is 37.9 Å². The zero-order valence-corrected chi connectivity index (χ0v) is 13.6. The summed E-state index contributed by atoms with van der Waals surface area (Å²) >= 11 is 0. The molecule has 10 heteroatoms. The van der Waals surface area contributed by atoms with Crippen molar-refractivity contribution < 1.29 is 14.0 Å². The molecule has 3 aromatic heterocycles. The number of nitrogens with one attached hydrogen (secondary N) is 2. The van der Waals surface area contributed by atoms with Crippen LogP contribution in [0.5, 0.6) is 11.6 Å². The smallest absolute Gasteiger partial charge is 0.275 e. The minimum atomic E-state index is -0.114. The third-order valence-electron chi connectivity index (χ3n) is 3.20. The summed E-state index contributed by atoms with van der Waals surface area (Å²) in [5.74, 6) is 0.846. The first-order chi connectivity index (χ1) is 12.1. The topological polar surface area (TPSA) is 136 Å². The molecule has 3 heterocycles. The maximum absolute atomic E-state index is 8.19. The predicted molar refractivity (Wildman–Crippen MR) is 84.5 cm³/mol. The second kappa shape index (κ2) is 6.91. The van der Waals surface area contributed by atoms with Gasteiger partial charge in [0.1, 0.15) is 18.7 Å². The summed E-state index contributed by atoms with van der Waals surface area (Å²) in [7, 11) is 1.45. The van der Waals surface area contributed by atoms with E-state index in [1.54, 1.807) is 25.3 Å². The number of aromatic nitrogens is 5. The molecule has 0 fully saturated rings. The monoisotopic (exact) mass is 341 g/mol. The van der Waals surface area contributed by atoms with Gasteiger partial charge in [0.05, 0.1) is 12.8 Å². The highest BCUT2D eigenvalue weighted by Gasteiger charge is 2.16. The van der Waals surface area contributed by atoms with Crippen molar-refractivity contribution in [3.05, 3.63) is 53.4 Å². The molecule has 25 heavy (non-hydrogen) atoms. The van der Waals surface area contributed by atoms with Gasteiger partial charge >= 0.3 is 0 Å². The molecule has 0 saturated heterocycles. The highest BCUT2D eigenvalue weighted by Crippen LogP contribution is 2.22. The van der Waals surface area contributed by atoms with Crippen LogP contribution in [0.15, 0.2) is 35.2 Å². The maximum Gasteiger partial charge on any atom is 0.275 e. The van der Waals surface area contributed by atoms with Crippen molar-refractivity contribution >= 4 is 5.84 Å². The predicted octanol–water partition coefficient (Wildman–Crippen LogP) is 0.910. The molecule has 2 N–H and O–H groups in total. The van der Waals surface area contributed by atoms with E-state index in [-0.39, 0.29) is 35.3 Å². The summed E-state index contributed by atoms with van der Waals surface area (Å²) in [5, 5.41) is 24.2. The average Bonchev–Trinajstić information content (AvgIpc) is 3.07. The van der Waals surface area contributed by atoms with Gasteiger partial charge in [0.15, 0.2) is 22.8 Å². The maximum atomic E-state index is 8.19. The third kappa shape index (κ3) is 3.52. The molecule has 10 nitrogen and oxygen atoms in total. The summed E-state index contributed by atoms with van der Waals surface area (Å²) in [6.45, 7) is 1.85. The lowest BCUT2D eigenvalue weighted by Crippen LogP contribution is -2.30. The number of hydrogen-bond acceptors (Lipinski definition) is 9. The van der Waals surface area contributed by atoms with Crippen LogP contribution >= 0.6 is 0 Å². The Balaban J connectivity index is 1.92. The largest absolute Gasteiger partial charge is 0.491 e. The summed E-state index contributed by atoms with van der Waals surface area (Å²) in [6.07, 6.45) is 3.02. The van der Waals surface area contributed by atoms with E-state index in [0.29, 0.717) is 11.5 Å². The Morgan fingerprint density at radius 2 is 2.20 bits per heavy atom. The Kier molecular flexibility index (Phi) is 4.50. The molecule has 0 spiro atoms. The van der Waals surface area contributed by atoms with Crippen molar-refractivity contribution in [1.29, 1.82) is 10.8 Å². The lowest BCUT2D eigenvalue weighted by molar-refractivity contribution is 0.262. The first-order valence-corrected chi connectivity index (χ1v) is 7.21. The zero-order valence-electron chi connectivity index (χ0n) is 13.6. The van der Waals surface area contributed by atoms with Gasteiger partial charge in [-0.15, -0.1) is 5.10 Å². The second-order valence-electron chi connectivity index (χ2n) is 4.98. The van der Waals surface area contributed by atoms with E-state index in [9.17, 15) is 0 Å². The van der Waals surface area contributed by atoms with Gasteiger partial charge in [0.25, 0.3) is 5.88 Å². The van der Waals surface area contributed by atoms with Crippen LogP contribution in [0, 0.1) is 17.7 Å². The van der Waals surface area contributed by atoms with Gasteiger partial charge in [-0.2, -0.15) is 4.68 Å². The number of aryl methyl sites for hydroxylation is 1. The highest BCUT2D eigenvalue weighted by atomic mass is 16.5. The quantitative estimate of drug-likeness (QED) is 0.520. The molecule has 0 aliphatic carbocycles. The minimum Gasteiger partial charge on any atom is -0.491 e. The highest BCUT2D eigenvalue weighted by molar-refractivity contribution is 5.95. The van der Waals surface area contributed by atoms with Crippen molar-refractivity contribution in [1.82, 2.24) is 24.9 Å². The van der Waals surface area contributed by atoms with Crippen LogP contribution in [0.2, 0.25) is 0 Å². The molecule has 0 bridgehead atoms. The van der Waals surface area contributed by atoms with Crippen LogP contribution in [0.3, 0.4) is 0 Å². The van der Waals surface area contributed by atoms with E-state index < -0.39 is 0 Å². The Labute approximate surface area is 142 Å². The number of methoxy groups -OCH3 is 1. The molecule has 3 rings (SSSR count). The molecule has 0 amide bonds. The standard InChI is InChI=1S/C15H15N7O3/c1-9-5-11(21-25-9)14(17)22-13(16)6-12(23-2)15(20-22)24-7-10-3-4-18-8-19-10/h3-6,8,16-17H,7H2,1-2H3. The van der Waals surface area contributed by atoms with Gasteiger partial charge in [-0.25, -0.2) is 9.97 Å². The van der Waals surface area contributed by atoms with E-state index in [0.717, 1.165) is 4.68 Å². The SMILES string of the molecule is COc1cc(=N)n(C(=N)c2cc(C)on2)nc1OCc1ccncn1. The lowest BCUT2D eigenvalue weighted by Gasteiger charge is -2.12. The van der Waals surface area contributed by atoms with Gasteiger partial charge in [-0.3, -0.25) is 10.8 Å². The van der Waals surface area contributed by atoms with Crippen molar-refractivity contribution in [2.45, 2.75) is 13.5 Å². The number of rotatable bonds is 5. The molecule has 0 atom stereocenters. The summed E-state index contributed by atoms with van der Waals surface area (Å²) in [6, 6.07) is 4.70. The zero-order chi connectivity index (χ0) is 17.8. The van der Waals surface area contributed by atoms with Gasteiger partial charge in [-0.05, 0) is 13.0 Å². The molecule has 3 aromatic rings. The summed E-state index contributed by atoms with van der Waals surface area (Å²) in [5.41, 5.74) is 0.856. The molecule has 0 aliphatic rings. The third-order valence-corrected chi connectivity index (χ3v) is 3.20. The molecule has 0 aliphatic heterocycles. The number of ether oxygens (including phenoxy) is 2. The normalized spacial score (nSPS) is 10.5. The average molecular weight is 341 g/mol. The van der Waals surface area contributed by atoms with Crippen LogP contribution in [-0.2, 0) is 6.61 Å². The molecular formula is C15H15N7O3. The number of hydrogen-bond donors (Lipinski definition) is 2. The van der Waals surface area contributed by atoms with Gasteiger partial charge in [-0.1, -0.05) is 5.16 Å². The molecule has 0 aromatic carbocycles. The van der Waals surface area contributed by atoms with Crippen LogP contribution in [0.25, 0.3) is 0 Å². The van der Waals surface area contributed by atoms with E-state index >= 15 is 0 Å². The van der Waals surface area contributed by atoms with E-state index in [1.807, 2.05) is 0 Å². The Bertz CT molecular complexity index is 949. The fourth-order valence-electron chi connectivity index (χ4n) is 1.99. The van der Waals surface area contributed by atoms with E-state index in [1.165, 1.54) is 19.5 Å². The minimum absolute atomic E-state index is 0.0584. The van der Waals surface area contributed by atoms with Crippen LogP contribution in [0.4, 0.5) is 0 Å². The summed E-state index contributed by atoms with van der Waals surface area (Å²) in [4.78, 5) is 7.90. The van der Waals surface area contributed by atoms with E-state index in [2.05, 4.69) is 20.2 Å². The van der Waals surface area contributed by atoms with E-state index in [4.69, 9.17) is 24.8 Å². The van der Waals surface area contributed by atoms with Gasteiger partial charge < -0.3 is 14.0 Å². The fourth-order valence-corrected chi connectivity index (χ4v) is 1.99. The van der Waals surface area contributed by atoms with Crippen molar-refractivity contribution in [3.8, 4) is 11.6 Å². The summed E-state index contributed by atoms with van der Waals surface area (Å²) < 4.78 is 16.9. The van der Waals surface area contributed by atoms with Gasteiger partial charge in [0, 0.05) is 18.3 Å². The lowest BCUT2D eigenvalue weighted by atomic mass is 10.3. The molecular weight excluding hydrogens is 326 g/mol. The van der Waals surface area contributed by atoms with Crippen molar-refractivity contribution in [2.75, 3.05) is 7.11 Å². The molecule has 0 radical (unpaired) electrons. The number of nitrogens with zero attached hydrogens (tertiary/aromatic N) is 5. The molecule has 0 unspecified atom stereocenters. The van der Waals surface area contributed by atoms with Crippen molar-refractivity contribution in [2.24, 2.45) is 0 Å². The Hall–Kier alpha value is -3.56.